The van der Waals surface area contributed by atoms with Crippen LogP contribution in [0.1, 0.15) is 43.0 Å². The molecule has 0 aliphatic carbocycles. The van der Waals surface area contributed by atoms with E-state index in [2.05, 4.69) is 111 Å². The molecule has 2 heteroatoms. The van der Waals surface area contributed by atoms with E-state index >= 15 is 0 Å². The fraction of sp³-hybridized carbons (Fsp3) is 0.280. The van der Waals surface area contributed by atoms with Crippen LogP contribution in [0.4, 0.5) is 0 Å². The summed E-state index contributed by atoms with van der Waals surface area (Å²) in [7, 11) is 0. The van der Waals surface area contributed by atoms with Crippen molar-refractivity contribution >= 4 is 0 Å². The van der Waals surface area contributed by atoms with Crippen LogP contribution >= 0.6 is 0 Å². The third-order valence-electron chi connectivity index (χ3n) is 4.56. The topological polar surface area (TPSA) is 3.24 Å². The quantitative estimate of drug-likeness (QED) is 0.488. The molecule has 3 aromatic rings. The molecule has 0 saturated carbocycles. The van der Waals surface area contributed by atoms with Crippen LogP contribution < -0.4 is 18.9 Å². The summed E-state index contributed by atoms with van der Waals surface area (Å²) in [4.78, 5) is 2.49. The van der Waals surface area contributed by atoms with Crippen LogP contribution in [0.3, 0.4) is 0 Å². The fourth-order valence-corrected chi connectivity index (χ4v) is 3.14. The summed E-state index contributed by atoms with van der Waals surface area (Å²) >= 11 is 0. The monoisotopic (exact) mass is 349 g/mol. The summed E-state index contributed by atoms with van der Waals surface area (Å²) in [6, 6.07) is 31.6. The van der Waals surface area contributed by atoms with Crippen LogP contribution in [0.25, 0.3) is 0 Å². The molecule has 3 rings (SSSR count). The van der Waals surface area contributed by atoms with Gasteiger partial charge in [-0.05, 0) is 16.5 Å². The first kappa shape index (κ1) is 21.5. The standard InChI is InChI=1S/C25H28N.Li/c1-25(2,3)24-16-10-15-23(17-24)20-26(18-21-11-6-4-7-12-21)19-22-13-8-5-9-14-22;/h4-16H,18-20H2,1-3H3;/q-1;+1. The minimum absolute atomic E-state index is 0. The Balaban J connectivity index is 0.00000261. The number of rotatable bonds is 6. The van der Waals surface area contributed by atoms with Gasteiger partial charge in [-0.2, -0.15) is 29.8 Å². The van der Waals surface area contributed by atoms with E-state index in [9.17, 15) is 0 Å². The van der Waals surface area contributed by atoms with Gasteiger partial charge in [0, 0.05) is 19.6 Å². The Morgan fingerprint density at radius 2 is 1.19 bits per heavy atom. The molecule has 0 bridgehead atoms. The average Bonchev–Trinajstić information content (AvgIpc) is 2.63. The Kier molecular flexibility index (Phi) is 7.93. The summed E-state index contributed by atoms with van der Waals surface area (Å²) in [6.07, 6.45) is 0. The second-order valence-corrected chi connectivity index (χ2v) is 7.96. The van der Waals surface area contributed by atoms with Crippen molar-refractivity contribution in [2.75, 3.05) is 0 Å². The fourth-order valence-electron chi connectivity index (χ4n) is 3.14. The molecule has 0 aliphatic heterocycles. The van der Waals surface area contributed by atoms with Crippen molar-refractivity contribution in [1.82, 2.24) is 4.90 Å². The van der Waals surface area contributed by atoms with Crippen molar-refractivity contribution in [2.45, 2.75) is 45.8 Å². The van der Waals surface area contributed by atoms with Crippen molar-refractivity contribution in [1.29, 1.82) is 0 Å². The molecule has 0 amide bonds. The van der Waals surface area contributed by atoms with E-state index in [1.54, 1.807) is 0 Å². The normalized spacial score (nSPS) is 11.3. The Hall–Kier alpha value is -1.78. The van der Waals surface area contributed by atoms with Crippen molar-refractivity contribution in [3.8, 4) is 0 Å². The van der Waals surface area contributed by atoms with Crippen molar-refractivity contribution in [3.63, 3.8) is 0 Å². The summed E-state index contributed by atoms with van der Waals surface area (Å²) in [5.74, 6) is 0. The molecule has 0 aromatic heterocycles. The molecular formula is C25H28LiN. The molecule has 0 spiro atoms. The average molecular weight is 349 g/mol. The first-order chi connectivity index (χ1) is 12.5. The summed E-state index contributed by atoms with van der Waals surface area (Å²) in [6.45, 7) is 9.50. The van der Waals surface area contributed by atoms with Gasteiger partial charge in [-0.15, -0.1) is 5.56 Å². The van der Waals surface area contributed by atoms with Gasteiger partial charge in [-0.3, -0.25) is 4.90 Å². The van der Waals surface area contributed by atoms with E-state index in [-0.39, 0.29) is 24.3 Å². The number of hydrogen-bond acceptors (Lipinski definition) is 1. The molecule has 0 unspecified atom stereocenters. The first-order valence-electron chi connectivity index (χ1n) is 9.32. The van der Waals surface area contributed by atoms with Crippen molar-refractivity contribution < 1.29 is 18.9 Å². The van der Waals surface area contributed by atoms with E-state index in [4.69, 9.17) is 0 Å². The maximum Gasteiger partial charge on any atom is 1.00 e. The molecular weight excluding hydrogens is 321 g/mol. The number of hydrogen-bond donors (Lipinski definition) is 0. The van der Waals surface area contributed by atoms with Crippen molar-refractivity contribution in [2.24, 2.45) is 0 Å². The smallest absolute Gasteiger partial charge is 0.293 e. The second kappa shape index (κ2) is 9.95. The minimum atomic E-state index is 0. The van der Waals surface area contributed by atoms with Gasteiger partial charge in [-0.1, -0.05) is 81.4 Å². The maximum absolute atomic E-state index is 3.64. The van der Waals surface area contributed by atoms with E-state index in [0.717, 1.165) is 19.6 Å². The Bertz CT molecular complexity index is 765. The first-order valence-corrected chi connectivity index (χ1v) is 9.32. The van der Waals surface area contributed by atoms with Gasteiger partial charge >= 0.3 is 18.9 Å². The molecule has 0 heterocycles. The number of nitrogens with zero attached hydrogens (tertiary/aromatic N) is 1. The molecule has 0 saturated heterocycles. The SMILES string of the molecule is CC(C)(C)c1[c-]c(CN(Cc2ccccc2)Cc2ccccc2)ccc1.[Li+]. The molecule has 0 fully saturated rings. The zero-order chi connectivity index (χ0) is 18.4. The van der Waals surface area contributed by atoms with Crippen LogP contribution in [0, 0.1) is 6.07 Å². The van der Waals surface area contributed by atoms with E-state index < -0.39 is 0 Å². The molecule has 134 valence electrons. The van der Waals surface area contributed by atoms with E-state index in [1.165, 1.54) is 22.3 Å². The Labute approximate surface area is 176 Å². The van der Waals surface area contributed by atoms with Crippen LogP contribution in [-0.2, 0) is 25.0 Å². The molecule has 3 aromatic carbocycles. The van der Waals surface area contributed by atoms with Crippen LogP contribution in [0.2, 0.25) is 0 Å². The zero-order valence-corrected chi connectivity index (χ0v) is 17.1. The van der Waals surface area contributed by atoms with Crippen LogP contribution in [0.15, 0.2) is 78.9 Å². The van der Waals surface area contributed by atoms with Gasteiger partial charge < -0.3 is 0 Å². The second-order valence-electron chi connectivity index (χ2n) is 7.96. The molecule has 0 atom stereocenters. The van der Waals surface area contributed by atoms with Gasteiger partial charge in [0.15, 0.2) is 0 Å². The summed E-state index contributed by atoms with van der Waals surface area (Å²) < 4.78 is 0. The van der Waals surface area contributed by atoms with E-state index in [1.807, 2.05) is 0 Å². The van der Waals surface area contributed by atoms with Gasteiger partial charge in [0.25, 0.3) is 0 Å². The minimum Gasteiger partial charge on any atom is -0.293 e. The molecule has 0 aliphatic rings. The van der Waals surface area contributed by atoms with Gasteiger partial charge in [0.1, 0.15) is 0 Å². The molecule has 0 radical (unpaired) electrons. The predicted octanol–water partition coefficient (Wildman–Crippen LogP) is 2.99. The molecule has 27 heavy (non-hydrogen) atoms. The largest absolute Gasteiger partial charge is 1.00 e. The van der Waals surface area contributed by atoms with Gasteiger partial charge in [-0.25, -0.2) is 0 Å². The molecule has 0 N–H and O–H groups in total. The summed E-state index contributed by atoms with van der Waals surface area (Å²) in [5, 5.41) is 0. The number of benzene rings is 3. The zero-order valence-electron chi connectivity index (χ0n) is 17.1. The molecule has 1 nitrogen and oxygen atoms in total. The van der Waals surface area contributed by atoms with E-state index in [0.29, 0.717) is 0 Å². The predicted molar refractivity (Wildman–Crippen MR) is 110 cm³/mol. The van der Waals surface area contributed by atoms with Crippen LogP contribution in [0.5, 0.6) is 0 Å². The van der Waals surface area contributed by atoms with Gasteiger partial charge in [0.2, 0.25) is 0 Å². The third-order valence-corrected chi connectivity index (χ3v) is 4.56. The maximum atomic E-state index is 3.64. The third kappa shape index (κ3) is 6.71. The Morgan fingerprint density at radius 3 is 1.67 bits per heavy atom. The Morgan fingerprint density at radius 1 is 0.667 bits per heavy atom. The van der Waals surface area contributed by atoms with Crippen molar-refractivity contribution in [3.05, 3.63) is 107 Å². The summed E-state index contributed by atoms with van der Waals surface area (Å²) in [5.41, 5.74) is 5.34. The van der Waals surface area contributed by atoms with Gasteiger partial charge in [0.05, 0.1) is 0 Å². The van der Waals surface area contributed by atoms with Crippen LogP contribution in [-0.4, -0.2) is 4.90 Å².